The lowest BCUT2D eigenvalue weighted by Crippen LogP contribution is -2.62. The first-order valence-electron chi connectivity index (χ1n) is 8.23. The van der Waals surface area contributed by atoms with Gasteiger partial charge in [-0.1, -0.05) is 24.8 Å². The average Bonchev–Trinajstić information content (AvgIpc) is 2.59. The van der Waals surface area contributed by atoms with Crippen LogP contribution >= 0.6 is 0 Å². The lowest BCUT2D eigenvalue weighted by molar-refractivity contribution is 0.0188. The number of nitrogens with zero attached hydrogens (tertiary/aromatic N) is 3. The SMILES string of the molecule is C=CCOc1ccccc1C(=O)N1CCN2CCN(C)CC2C1. The van der Waals surface area contributed by atoms with Gasteiger partial charge in [0.15, 0.2) is 0 Å². The molecule has 1 atom stereocenters. The minimum Gasteiger partial charge on any atom is -0.489 e. The fraction of sp³-hybridized carbons (Fsp3) is 0.500. The summed E-state index contributed by atoms with van der Waals surface area (Å²) in [5.74, 6) is 0.707. The van der Waals surface area contributed by atoms with Gasteiger partial charge in [-0.3, -0.25) is 9.69 Å². The molecular weight excluding hydrogens is 290 g/mol. The van der Waals surface area contributed by atoms with Gasteiger partial charge in [0.2, 0.25) is 0 Å². The van der Waals surface area contributed by atoms with E-state index in [4.69, 9.17) is 4.74 Å². The minimum absolute atomic E-state index is 0.0672. The maximum Gasteiger partial charge on any atom is 0.257 e. The highest BCUT2D eigenvalue weighted by molar-refractivity contribution is 5.97. The molecule has 0 aromatic heterocycles. The molecule has 2 saturated heterocycles. The van der Waals surface area contributed by atoms with E-state index in [2.05, 4.69) is 23.4 Å². The maximum absolute atomic E-state index is 12.9. The highest BCUT2D eigenvalue weighted by Crippen LogP contribution is 2.22. The molecule has 5 heteroatoms. The Morgan fingerprint density at radius 2 is 2.04 bits per heavy atom. The van der Waals surface area contributed by atoms with Crippen LogP contribution in [0.2, 0.25) is 0 Å². The van der Waals surface area contributed by atoms with Crippen LogP contribution < -0.4 is 4.74 Å². The van der Waals surface area contributed by atoms with Crippen LogP contribution in [0.1, 0.15) is 10.4 Å². The van der Waals surface area contributed by atoms with Gasteiger partial charge in [-0.2, -0.15) is 0 Å². The fourth-order valence-electron chi connectivity index (χ4n) is 3.38. The van der Waals surface area contributed by atoms with Gasteiger partial charge >= 0.3 is 0 Å². The van der Waals surface area contributed by atoms with Crippen LogP contribution in [0.5, 0.6) is 5.75 Å². The Labute approximate surface area is 138 Å². The molecule has 0 aliphatic carbocycles. The van der Waals surface area contributed by atoms with E-state index in [9.17, 15) is 4.79 Å². The van der Waals surface area contributed by atoms with E-state index in [1.165, 1.54) is 0 Å². The molecular formula is C18H25N3O2. The predicted octanol–water partition coefficient (Wildman–Crippen LogP) is 1.32. The molecule has 23 heavy (non-hydrogen) atoms. The molecule has 2 aliphatic rings. The second-order valence-electron chi connectivity index (χ2n) is 6.30. The number of piperazine rings is 2. The van der Waals surface area contributed by atoms with E-state index in [1.807, 2.05) is 29.2 Å². The number of amides is 1. The summed E-state index contributed by atoms with van der Waals surface area (Å²) in [5, 5.41) is 0. The molecule has 1 unspecified atom stereocenters. The second kappa shape index (κ2) is 7.15. The number of carbonyl (C=O) groups is 1. The molecule has 0 bridgehead atoms. The molecule has 0 spiro atoms. The summed E-state index contributed by atoms with van der Waals surface area (Å²) in [7, 11) is 2.15. The van der Waals surface area contributed by atoms with Gasteiger partial charge in [0.1, 0.15) is 12.4 Å². The molecule has 2 aliphatic heterocycles. The number of fused-ring (bicyclic) bond motifs is 1. The zero-order valence-corrected chi connectivity index (χ0v) is 13.8. The van der Waals surface area contributed by atoms with Crippen molar-refractivity contribution in [3.63, 3.8) is 0 Å². The molecule has 3 rings (SSSR count). The first-order valence-corrected chi connectivity index (χ1v) is 8.23. The molecule has 0 N–H and O–H groups in total. The van der Waals surface area contributed by atoms with E-state index < -0.39 is 0 Å². The van der Waals surface area contributed by atoms with Crippen molar-refractivity contribution in [2.75, 3.05) is 52.9 Å². The Morgan fingerprint density at radius 3 is 2.87 bits per heavy atom. The monoisotopic (exact) mass is 315 g/mol. The molecule has 1 amide bonds. The molecule has 2 heterocycles. The second-order valence-corrected chi connectivity index (χ2v) is 6.30. The van der Waals surface area contributed by atoms with Crippen molar-refractivity contribution in [3.05, 3.63) is 42.5 Å². The third-order valence-corrected chi connectivity index (χ3v) is 4.66. The van der Waals surface area contributed by atoms with Crippen molar-refractivity contribution in [3.8, 4) is 5.75 Å². The van der Waals surface area contributed by atoms with Gasteiger partial charge < -0.3 is 14.5 Å². The van der Waals surface area contributed by atoms with Crippen molar-refractivity contribution in [2.45, 2.75) is 6.04 Å². The third kappa shape index (κ3) is 3.57. The predicted molar refractivity (Wildman–Crippen MR) is 90.9 cm³/mol. The van der Waals surface area contributed by atoms with E-state index in [-0.39, 0.29) is 5.91 Å². The van der Waals surface area contributed by atoms with Crippen LogP contribution in [0.15, 0.2) is 36.9 Å². The first-order chi connectivity index (χ1) is 11.2. The minimum atomic E-state index is 0.0672. The normalized spacial score (nSPS) is 22.5. The lowest BCUT2D eigenvalue weighted by Gasteiger charge is -2.46. The van der Waals surface area contributed by atoms with Crippen molar-refractivity contribution >= 4 is 5.91 Å². The summed E-state index contributed by atoms with van der Waals surface area (Å²) in [6.45, 7) is 9.84. The lowest BCUT2D eigenvalue weighted by atomic mass is 10.1. The molecule has 0 saturated carbocycles. The number of likely N-dealkylation sites (N-methyl/N-ethyl adjacent to an activating group) is 1. The van der Waals surface area contributed by atoms with Crippen LogP contribution in [0.4, 0.5) is 0 Å². The number of carbonyl (C=O) groups excluding carboxylic acids is 1. The number of hydrogen-bond donors (Lipinski definition) is 0. The van der Waals surface area contributed by atoms with Crippen molar-refractivity contribution < 1.29 is 9.53 Å². The largest absolute Gasteiger partial charge is 0.489 e. The quantitative estimate of drug-likeness (QED) is 0.785. The van der Waals surface area contributed by atoms with Gasteiger partial charge in [-0.25, -0.2) is 0 Å². The first kappa shape index (κ1) is 16.0. The number of hydrogen-bond acceptors (Lipinski definition) is 4. The summed E-state index contributed by atoms with van der Waals surface area (Å²) in [6.07, 6.45) is 1.69. The Hall–Kier alpha value is -1.85. The summed E-state index contributed by atoms with van der Waals surface area (Å²) in [4.78, 5) is 19.7. The Balaban J connectivity index is 1.72. The maximum atomic E-state index is 12.9. The van der Waals surface area contributed by atoms with Crippen LogP contribution in [0, 0.1) is 0 Å². The highest BCUT2D eigenvalue weighted by Gasteiger charge is 2.33. The van der Waals surface area contributed by atoms with Gasteiger partial charge in [-0.05, 0) is 19.2 Å². The topological polar surface area (TPSA) is 36.0 Å². The van der Waals surface area contributed by atoms with Crippen molar-refractivity contribution in [1.29, 1.82) is 0 Å². The van der Waals surface area contributed by atoms with E-state index >= 15 is 0 Å². The smallest absolute Gasteiger partial charge is 0.257 e. The molecule has 0 radical (unpaired) electrons. The summed E-state index contributed by atoms with van der Waals surface area (Å²) in [6, 6.07) is 7.91. The van der Waals surface area contributed by atoms with E-state index in [0.717, 1.165) is 39.3 Å². The van der Waals surface area contributed by atoms with Gasteiger partial charge in [-0.15, -0.1) is 0 Å². The Bertz CT molecular complexity index is 575. The number of para-hydroxylation sites is 1. The molecule has 5 nitrogen and oxygen atoms in total. The van der Waals surface area contributed by atoms with E-state index in [0.29, 0.717) is 24.0 Å². The molecule has 1 aromatic carbocycles. The Morgan fingerprint density at radius 1 is 1.26 bits per heavy atom. The summed E-state index contributed by atoms with van der Waals surface area (Å²) < 4.78 is 5.64. The molecule has 2 fully saturated rings. The number of rotatable bonds is 4. The van der Waals surface area contributed by atoms with Gasteiger partial charge in [0, 0.05) is 45.3 Å². The fourth-order valence-corrected chi connectivity index (χ4v) is 3.38. The average molecular weight is 315 g/mol. The summed E-state index contributed by atoms with van der Waals surface area (Å²) in [5.41, 5.74) is 0.645. The molecule has 124 valence electrons. The van der Waals surface area contributed by atoms with Gasteiger partial charge in [0.25, 0.3) is 5.91 Å². The van der Waals surface area contributed by atoms with Crippen LogP contribution in [-0.2, 0) is 0 Å². The highest BCUT2D eigenvalue weighted by atomic mass is 16.5. The zero-order valence-electron chi connectivity index (χ0n) is 13.8. The number of ether oxygens (including phenoxy) is 1. The molecule has 1 aromatic rings. The van der Waals surface area contributed by atoms with Crippen LogP contribution in [-0.4, -0.2) is 79.6 Å². The third-order valence-electron chi connectivity index (χ3n) is 4.66. The van der Waals surface area contributed by atoms with Crippen LogP contribution in [0.25, 0.3) is 0 Å². The zero-order chi connectivity index (χ0) is 16.2. The van der Waals surface area contributed by atoms with Crippen molar-refractivity contribution in [2.24, 2.45) is 0 Å². The van der Waals surface area contributed by atoms with Crippen LogP contribution in [0.3, 0.4) is 0 Å². The number of benzene rings is 1. The summed E-state index contributed by atoms with van der Waals surface area (Å²) >= 11 is 0. The van der Waals surface area contributed by atoms with Gasteiger partial charge in [0.05, 0.1) is 5.56 Å². The van der Waals surface area contributed by atoms with Crippen molar-refractivity contribution in [1.82, 2.24) is 14.7 Å². The standard InChI is InChI=1S/C18H25N3O2/c1-3-12-23-17-7-5-4-6-16(17)18(22)21-11-10-20-9-8-19(2)13-15(20)14-21/h3-7,15H,1,8-14H2,2H3. The Kier molecular flexibility index (Phi) is 4.98. The van der Waals surface area contributed by atoms with E-state index in [1.54, 1.807) is 6.08 Å².